The van der Waals surface area contributed by atoms with Crippen molar-refractivity contribution in [1.29, 1.82) is 0 Å². The van der Waals surface area contributed by atoms with Gasteiger partial charge in [0.15, 0.2) is 0 Å². The number of rotatable bonds is 14. The molecular weight excluding hydrogens is 351 g/mol. The number of hydrogen-bond acceptors (Lipinski definition) is 5. The van der Waals surface area contributed by atoms with Gasteiger partial charge in [-0.1, -0.05) is 51.9 Å². The van der Waals surface area contributed by atoms with Crippen LogP contribution >= 0.6 is 0 Å². The summed E-state index contributed by atoms with van der Waals surface area (Å²) < 4.78 is 42.1. The Hall–Kier alpha value is 0.830. The van der Waals surface area contributed by atoms with Crippen LogP contribution in [0.4, 0.5) is 0 Å². The summed E-state index contributed by atoms with van der Waals surface area (Å²) in [6.07, 6.45) is 14.7. The third-order valence-corrected chi connectivity index (χ3v) is 5.49. The summed E-state index contributed by atoms with van der Waals surface area (Å²) in [6, 6.07) is 0. The Bertz CT molecular complexity index is 394. The van der Waals surface area contributed by atoms with Gasteiger partial charge in [0.25, 0.3) is 0 Å². The van der Waals surface area contributed by atoms with Gasteiger partial charge in [0.1, 0.15) is 0 Å². The van der Waals surface area contributed by atoms with Crippen LogP contribution in [0.5, 0.6) is 0 Å². The molecule has 1 rings (SSSR count). The molecule has 0 aromatic rings. The summed E-state index contributed by atoms with van der Waals surface area (Å²) in [5.41, 5.74) is 0. The molecule has 1 saturated carbocycles. The third-order valence-electron chi connectivity index (χ3n) is 4.82. The molecule has 0 N–H and O–H groups in total. The molecule has 25 heavy (non-hydrogen) atoms. The van der Waals surface area contributed by atoms with E-state index in [-0.39, 0.29) is 36.2 Å². The molecule has 7 heteroatoms. The second kappa shape index (κ2) is 15.8. The van der Waals surface area contributed by atoms with Crippen LogP contribution in [0, 0.1) is 5.92 Å². The van der Waals surface area contributed by atoms with Gasteiger partial charge >= 0.3 is 29.6 Å². The first-order valence-electron chi connectivity index (χ1n) is 9.64. The first kappa shape index (κ1) is 25.8. The maximum Gasteiger partial charge on any atom is 1.00 e. The van der Waals surface area contributed by atoms with E-state index in [1.807, 2.05) is 0 Å². The quantitative estimate of drug-likeness (QED) is 0.252. The second-order valence-corrected chi connectivity index (χ2v) is 8.47. The topological polar surface area (TPSA) is 75.7 Å². The van der Waals surface area contributed by atoms with Gasteiger partial charge in [0.2, 0.25) is 0 Å². The summed E-state index contributed by atoms with van der Waals surface area (Å²) in [4.78, 5) is 0. The van der Waals surface area contributed by atoms with E-state index in [2.05, 4.69) is 6.92 Å². The fourth-order valence-corrected chi connectivity index (χ4v) is 3.66. The number of hydrogen-bond donors (Lipinski definition) is 0. The summed E-state index contributed by atoms with van der Waals surface area (Å²) in [5, 5.41) is 0. The summed E-state index contributed by atoms with van der Waals surface area (Å²) >= 11 is 0. The largest absolute Gasteiger partial charge is 1.00 e. The van der Waals surface area contributed by atoms with Gasteiger partial charge in [-0.05, 0) is 31.6 Å². The minimum atomic E-state index is -4.17. The Morgan fingerprint density at radius 2 is 1.56 bits per heavy atom. The first-order chi connectivity index (χ1) is 11.5. The molecule has 0 heterocycles. The van der Waals surface area contributed by atoms with Crippen LogP contribution in [0.25, 0.3) is 0 Å². The van der Waals surface area contributed by atoms with E-state index in [0.29, 0.717) is 19.3 Å². The minimum absolute atomic E-state index is 0. The average molecular weight is 387 g/mol. The van der Waals surface area contributed by atoms with E-state index in [1.54, 1.807) is 0 Å². The molecule has 1 aliphatic rings. The van der Waals surface area contributed by atoms with Crippen molar-refractivity contribution in [1.82, 2.24) is 0 Å². The molecule has 5 nitrogen and oxygen atoms in total. The van der Waals surface area contributed by atoms with Crippen LogP contribution in [0.2, 0.25) is 0 Å². The molecular formula is C18H35NaO5S. The fraction of sp³-hybridized carbons (Fsp3) is 1.00. The van der Waals surface area contributed by atoms with Crippen LogP contribution in [0.1, 0.15) is 77.6 Å². The maximum absolute atomic E-state index is 10.4. The Balaban J connectivity index is 0.00000576. The molecule has 0 amide bonds. The molecule has 0 saturated heterocycles. The normalized spacial score (nSPS) is 21.0. The first-order valence-corrected chi connectivity index (χ1v) is 11.2. The Kier molecular flexibility index (Phi) is 16.4. The second-order valence-electron chi connectivity index (χ2n) is 6.94. The van der Waals surface area contributed by atoms with Gasteiger partial charge in [-0.2, -0.15) is 0 Å². The van der Waals surface area contributed by atoms with E-state index >= 15 is 0 Å². The van der Waals surface area contributed by atoms with Crippen molar-refractivity contribution >= 4 is 10.1 Å². The van der Waals surface area contributed by atoms with E-state index in [1.165, 1.54) is 57.8 Å². The molecule has 0 aromatic heterocycles. The number of ether oxygens (including phenoxy) is 2. The molecule has 0 aromatic carbocycles. The van der Waals surface area contributed by atoms with Crippen molar-refractivity contribution in [3.63, 3.8) is 0 Å². The van der Waals surface area contributed by atoms with Crippen LogP contribution in [0.15, 0.2) is 0 Å². The SMILES string of the molecule is CCCCCCCCC1CCC(OCCOCCS(=O)(=O)[O-])CC1.[Na+]. The Morgan fingerprint density at radius 1 is 0.920 bits per heavy atom. The van der Waals surface area contributed by atoms with Gasteiger partial charge < -0.3 is 14.0 Å². The zero-order chi connectivity index (χ0) is 17.7. The van der Waals surface area contributed by atoms with Crippen LogP contribution < -0.4 is 29.6 Å². The molecule has 0 spiro atoms. The van der Waals surface area contributed by atoms with Crippen LogP contribution in [-0.4, -0.2) is 44.6 Å². The summed E-state index contributed by atoms with van der Waals surface area (Å²) in [7, 11) is -4.17. The van der Waals surface area contributed by atoms with E-state index in [9.17, 15) is 13.0 Å². The molecule has 1 aliphatic carbocycles. The molecule has 0 aliphatic heterocycles. The molecule has 0 atom stereocenters. The monoisotopic (exact) mass is 386 g/mol. The summed E-state index contributed by atoms with van der Waals surface area (Å²) in [6.45, 7) is 3.04. The zero-order valence-corrected chi connectivity index (χ0v) is 19.0. The van der Waals surface area contributed by atoms with Gasteiger partial charge in [0, 0.05) is 0 Å². The van der Waals surface area contributed by atoms with Crippen molar-refractivity contribution in [2.45, 2.75) is 83.7 Å². The molecule has 0 radical (unpaired) electrons. The van der Waals surface area contributed by atoms with Gasteiger partial charge in [-0.15, -0.1) is 0 Å². The summed E-state index contributed by atoms with van der Waals surface area (Å²) in [5.74, 6) is 0.408. The molecule has 0 unspecified atom stereocenters. The Morgan fingerprint density at radius 3 is 2.20 bits per heavy atom. The van der Waals surface area contributed by atoms with Gasteiger partial charge in [-0.3, -0.25) is 0 Å². The van der Waals surface area contributed by atoms with Crippen molar-refractivity contribution in [2.24, 2.45) is 5.92 Å². The van der Waals surface area contributed by atoms with Crippen LogP contribution in [0.3, 0.4) is 0 Å². The molecule has 144 valence electrons. The van der Waals surface area contributed by atoms with E-state index in [0.717, 1.165) is 18.8 Å². The third kappa shape index (κ3) is 15.6. The van der Waals surface area contributed by atoms with Crippen molar-refractivity contribution < 1.29 is 52.0 Å². The maximum atomic E-state index is 10.4. The minimum Gasteiger partial charge on any atom is -0.748 e. The van der Waals surface area contributed by atoms with Crippen molar-refractivity contribution in [3.8, 4) is 0 Å². The smallest absolute Gasteiger partial charge is 0.748 e. The number of unbranched alkanes of at least 4 members (excludes halogenated alkanes) is 5. The fourth-order valence-electron chi connectivity index (χ4n) is 3.34. The van der Waals surface area contributed by atoms with Gasteiger partial charge in [0.05, 0.1) is 41.8 Å². The average Bonchev–Trinajstić information content (AvgIpc) is 2.54. The zero-order valence-electron chi connectivity index (χ0n) is 16.2. The predicted molar refractivity (Wildman–Crippen MR) is 95.1 cm³/mol. The van der Waals surface area contributed by atoms with Crippen molar-refractivity contribution in [3.05, 3.63) is 0 Å². The Labute approximate surface area is 176 Å². The van der Waals surface area contributed by atoms with Gasteiger partial charge in [-0.25, -0.2) is 8.42 Å². The van der Waals surface area contributed by atoms with E-state index < -0.39 is 15.9 Å². The van der Waals surface area contributed by atoms with E-state index in [4.69, 9.17) is 9.47 Å². The molecule has 0 bridgehead atoms. The standard InChI is InChI=1S/C18H36O5S.Na/c1-2-3-4-5-6-7-8-17-9-11-18(12-10-17)23-14-13-22-15-16-24(19,20)21;/h17-18H,2-16H2,1H3,(H,19,20,21);/q;+1/p-1. The van der Waals surface area contributed by atoms with Crippen molar-refractivity contribution in [2.75, 3.05) is 25.6 Å². The van der Waals surface area contributed by atoms with Crippen LogP contribution in [-0.2, 0) is 19.6 Å². The predicted octanol–water partition coefficient (Wildman–Crippen LogP) is 0.878. The molecule has 1 fully saturated rings.